The monoisotopic (exact) mass is 516 g/mol. The number of carbonyl (C=O) groups is 3. The molecule has 38 heavy (non-hydrogen) atoms. The average Bonchev–Trinajstić information content (AvgIpc) is 3.64. The molecule has 1 N–H and O–H groups in total. The Kier molecular flexibility index (Phi) is 8.30. The molecule has 0 spiro atoms. The summed E-state index contributed by atoms with van der Waals surface area (Å²) in [4.78, 5) is 44.3. The molecule has 0 unspecified atom stereocenters. The van der Waals surface area contributed by atoms with Crippen LogP contribution in [-0.4, -0.2) is 61.8 Å². The number of aryl methyl sites for hydroxylation is 1. The van der Waals surface area contributed by atoms with Gasteiger partial charge in [-0.05, 0) is 74.8 Å². The van der Waals surface area contributed by atoms with Gasteiger partial charge in [-0.25, -0.2) is 0 Å². The van der Waals surface area contributed by atoms with Crippen molar-refractivity contribution >= 4 is 34.7 Å². The van der Waals surface area contributed by atoms with Gasteiger partial charge in [-0.15, -0.1) is 0 Å². The molecule has 0 bridgehead atoms. The summed E-state index contributed by atoms with van der Waals surface area (Å²) in [6.07, 6.45) is 6.45. The number of ketones is 1. The molecule has 3 fully saturated rings. The van der Waals surface area contributed by atoms with Crippen LogP contribution in [0.5, 0.6) is 0 Å². The molecule has 1 saturated carbocycles. The van der Waals surface area contributed by atoms with Crippen molar-refractivity contribution in [3.8, 4) is 0 Å². The molecular weight excluding hydrogens is 476 g/mol. The number of piperazine rings is 1. The molecule has 2 aliphatic heterocycles. The average molecular weight is 517 g/mol. The van der Waals surface area contributed by atoms with Gasteiger partial charge in [0.15, 0.2) is 5.78 Å². The maximum absolute atomic E-state index is 13.0. The Morgan fingerprint density at radius 2 is 1.66 bits per heavy atom. The molecule has 5 rings (SSSR count). The van der Waals surface area contributed by atoms with E-state index >= 15 is 0 Å². The fraction of sp³-hybridized carbons (Fsp3) is 0.516. The molecule has 7 heteroatoms. The summed E-state index contributed by atoms with van der Waals surface area (Å²) in [5.74, 6) is 0.861. The summed E-state index contributed by atoms with van der Waals surface area (Å²) >= 11 is 0. The zero-order valence-corrected chi connectivity index (χ0v) is 22.6. The molecule has 0 atom stereocenters. The first-order valence-corrected chi connectivity index (χ1v) is 14.3. The Hall–Kier alpha value is -3.35. The standard InChI is InChI=1S/C31H40N4O3/c1-23-7-2-3-8-27(23)33-17-19-34(20-18-33)28-14-13-25(22-26(28)32-30(37)21-24-11-12-24)29(36)9-4-5-15-35-16-6-10-31(35)38/h2-3,7-8,13-14,22,24H,4-6,9-12,15-21H2,1H3,(H,32,37). The lowest BCUT2D eigenvalue weighted by Gasteiger charge is -2.38. The van der Waals surface area contributed by atoms with Crippen LogP contribution >= 0.6 is 0 Å². The summed E-state index contributed by atoms with van der Waals surface area (Å²) in [6.45, 7) is 7.24. The molecule has 7 nitrogen and oxygen atoms in total. The third-order valence-electron chi connectivity index (χ3n) is 8.09. The van der Waals surface area contributed by atoms with Gasteiger partial charge in [-0.1, -0.05) is 18.2 Å². The van der Waals surface area contributed by atoms with Crippen LogP contribution in [0.4, 0.5) is 17.1 Å². The minimum atomic E-state index is 0.0344. The normalized spacial score (nSPS) is 17.7. The predicted octanol–water partition coefficient (Wildman–Crippen LogP) is 5.04. The third-order valence-corrected chi connectivity index (χ3v) is 8.09. The quantitative estimate of drug-likeness (QED) is 0.335. The molecule has 2 saturated heterocycles. The highest BCUT2D eigenvalue weighted by molar-refractivity contribution is 6.01. The zero-order valence-electron chi connectivity index (χ0n) is 22.6. The SMILES string of the molecule is Cc1ccccc1N1CCN(c2ccc(C(=O)CCCCN3CCCC3=O)cc2NC(=O)CC2CC2)CC1. The first-order chi connectivity index (χ1) is 18.5. The van der Waals surface area contributed by atoms with Gasteiger partial charge in [-0.2, -0.15) is 0 Å². The van der Waals surface area contributed by atoms with Crippen molar-refractivity contribution in [2.45, 2.75) is 58.3 Å². The highest BCUT2D eigenvalue weighted by atomic mass is 16.2. The van der Waals surface area contributed by atoms with Crippen molar-refractivity contribution in [3.63, 3.8) is 0 Å². The van der Waals surface area contributed by atoms with Gasteiger partial charge in [0.2, 0.25) is 11.8 Å². The van der Waals surface area contributed by atoms with Gasteiger partial charge < -0.3 is 20.0 Å². The van der Waals surface area contributed by atoms with E-state index in [2.05, 4.69) is 46.3 Å². The van der Waals surface area contributed by atoms with Crippen molar-refractivity contribution in [2.24, 2.45) is 5.92 Å². The van der Waals surface area contributed by atoms with Gasteiger partial charge >= 0.3 is 0 Å². The number of anilines is 3. The topological polar surface area (TPSA) is 73.0 Å². The second kappa shape index (κ2) is 12.0. The molecule has 2 aromatic rings. The van der Waals surface area contributed by atoms with Gasteiger partial charge in [0.25, 0.3) is 0 Å². The summed E-state index contributed by atoms with van der Waals surface area (Å²) in [6, 6.07) is 14.3. The Morgan fingerprint density at radius 3 is 2.34 bits per heavy atom. The Morgan fingerprint density at radius 1 is 0.921 bits per heavy atom. The molecule has 0 aromatic heterocycles. The van der Waals surface area contributed by atoms with Crippen LogP contribution in [0.3, 0.4) is 0 Å². The number of nitrogens with zero attached hydrogens (tertiary/aromatic N) is 3. The summed E-state index contributed by atoms with van der Waals surface area (Å²) in [5, 5.41) is 3.15. The lowest BCUT2D eigenvalue weighted by atomic mass is 10.0. The van der Waals surface area contributed by atoms with Gasteiger partial charge in [0.05, 0.1) is 11.4 Å². The van der Waals surface area contributed by atoms with Crippen molar-refractivity contribution in [1.82, 2.24) is 4.90 Å². The minimum absolute atomic E-state index is 0.0344. The molecule has 2 heterocycles. The largest absolute Gasteiger partial charge is 0.368 e. The molecule has 202 valence electrons. The number of Topliss-reactive ketones (excluding diaryl/α,β-unsaturated/α-hetero) is 1. The number of carbonyl (C=O) groups excluding carboxylic acids is 3. The number of likely N-dealkylation sites (tertiary alicyclic amines) is 1. The van der Waals surface area contributed by atoms with E-state index in [9.17, 15) is 14.4 Å². The molecule has 2 amide bonds. The number of rotatable bonds is 11. The van der Waals surface area contributed by atoms with E-state index in [1.165, 1.54) is 11.3 Å². The molecule has 3 aliphatic rings. The lowest BCUT2D eigenvalue weighted by Crippen LogP contribution is -2.47. The second-order valence-corrected chi connectivity index (χ2v) is 11.1. The van der Waals surface area contributed by atoms with Gasteiger partial charge in [0, 0.05) is 69.8 Å². The molecule has 1 aliphatic carbocycles. The van der Waals surface area contributed by atoms with Crippen molar-refractivity contribution in [2.75, 3.05) is 54.4 Å². The highest BCUT2D eigenvalue weighted by Crippen LogP contribution is 2.34. The Bertz CT molecular complexity index is 1170. The van der Waals surface area contributed by atoms with E-state index in [1.54, 1.807) is 0 Å². The van der Waals surface area contributed by atoms with E-state index in [0.717, 1.165) is 82.7 Å². The van der Waals surface area contributed by atoms with Crippen LogP contribution in [0.1, 0.15) is 67.3 Å². The number of hydrogen-bond donors (Lipinski definition) is 1. The maximum atomic E-state index is 13.0. The van der Waals surface area contributed by atoms with Crippen LogP contribution in [0.2, 0.25) is 0 Å². The molecule has 0 radical (unpaired) electrons. The summed E-state index contributed by atoms with van der Waals surface area (Å²) < 4.78 is 0. The fourth-order valence-electron chi connectivity index (χ4n) is 5.65. The second-order valence-electron chi connectivity index (χ2n) is 11.1. The smallest absolute Gasteiger partial charge is 0.224 e. The maximum Gasteiger partial charge on any atom is 0.224 e. The zero-order chi connectivity index (χ0) is 26.5. The van der Waals surface area contributed by atoms with Crippen molar-refractivity contribution in [1.29, 1.82) is 0 Å². The van der Waals surface area contributed by atoms with Crippen molar-refractivity contribution in [3.05, 3.63) is 53.6 Å². The minimum Gasteiger partial charge on any atom is -0.368 e. The van der Waals surface area contributed by atoms with E-state index < -0.39 is 0 Å². The number of benzene rings is 2. The molecule has 2 aromatic carbocycles. The van der Waals surface area contributed by atoms with E-state index in [-0.39, 0.29) is 17.6 Å². The summed E-state index contributed by atoms with van der Waals surface area (Å²) in [7, 11) is 0. The highest BCUT2D eigenvalue weighted by Gasteiger charge is 2.26. The van der Waals surface area contributed by atoms with Crippen LogP contribution in [0.25, 0.3) is 0 Å². The van der Waals surface area contributed by atoms with Crippen LogP contribution in [-0.2, 0) is 9.59 Å². The van der Waals surface area contributed by atoms with Crippen molar-refractivity contribution < 1.29 is 14.4 Å². The van der Waals surface area contributed by atoms with Gasteiger partial charge in [0.1, 0.15) is 0 Å². The predicted molar refractivity (Wildman–Crippen MR) is 152 cm³/mol. The number of unbranched alkanes of at least 4 members (excludes halogenated alkanes) is 1. The lowest BCUT2D eigenvalue weighted by molar-refractivity contribution is -0.127. The number of para-hydroxylation sites is 1. The number of hydrogen-bond acceptors (Lipinski definition) is 5. The van der Waals surface area contributed by atoms with E-state index in [0.29, 0.717) is 30.7 Å². The van der Waals surface area contributed by atoms with Crippen LogP contribution < -0.4 is 15.1 Å². The first-order valence-electron chi connectivity index (χ1n) is 14.3. The Balaban J connectivity index is 1.23. The van der Waals surface area contributed by atoms with E-state index in [4.69, 9.17) is 0 Å². The Labute approximate surface area is 226 Å². The van der Waals surface area contributed by atoms with Crippen LogP contribution in [0, 0.1) is 12.8 Å². The number of amides is 2. The van der Waals surface area contributed by atoms with E-state index in [1.807, 2.05) is 23.1 Å². The fourth-order valence-corrected chi connectivity index (χ4v) is 5.65. The van der Waals surface area contributed by atoms with Gasteiger partial charge in [-0.3, -0.25) is 14.4 Å². The third kappa shape index (κ3) is 6.55. The molecular formula is C31H40N4O3. The van der Waals surface area contributed by atoms with Crippen LogP contribution in [0.15, 0.2) is 42.5 Å². The summed E-state index contributed by atoms with van der Waals surface area (Å²) in [5.41, 5.74) is 4.94. The first kappa shape index (κ1) is 26.3. The number of nitrogens with one attached hydrogen (secondary N) is 1.